The maximum atomic E-state index is 12.3. The van der Waals surface area contributed by atoms with Gasteiger partial charge in [-0.1, -0.05) is 60.2 Å². The van der Waals surface area contributed by atoms with Crippen molar-refractivity contribution in [1.82, 2.24) is 10.2 Å². The Morgan fingerprint density at radius 3 is 2.27 bits per heavy atom. The Morgan fingerprint density at radius 2 is 1.68 bits per heavy atom. The van der Waals surface area contributed by atoms with E-state index in [2.05, 4.69) is 5.32 Å². The molecule has 116 valence electrons. The van der Waals surface area contributed by atoms with Crippen molar-refractivity contribution >= 4 is 6.03 Å². The molecule has 4 nitrogen and oxygen atoms in total. The van der Waals surface area contributed by atoms with Gasteiger partial charge in [0.05, 0.1) is 12.6 Å². The number of aliphatic hydroxyl groups is 1. The number of nitrogens with one attached hydrogen (secondary N) is 1. The molecule has 0 aliphatic rings. The molecule has 0 aliphatic carbocycles. The highest BCUT2D eigenvalue weighted by Gasteiger charge is 2.18. The maximum absolute atomic E-state index is 12.3. The largest absolute Gasteiger partial charge is 0.395 e. The van der Waals surface area contributed by atoms with Crippen LogP contribution in [-0.4, -0.2) is 36.2 Å². The van der Waals surface area contributed by atoms with E-state index >= 15 is 0 Å². The summed E-state index contributed by atoms with van der Waals surface area (Å²) in [4.78, 5) is 13.7. The van der Waals surface area contributed by atoms with Gasteiger partial charge in [0.25, 0.3) is 0 Å². The molecule has 0 aromatic heterocycles. The number of aryl methyl sites for hydroxylation is 1. The number of benzene rings is 2. The zero-order valence-electron chi connectivity index (χ0n) is 13.0. The van der Waals surface area contributed by atoms with Crippen LogP contribution in [0.2, 0.25) is 0 Å². The SMILES string of the molecule is Cc1ccc(C(NC(=O)N(C)CCO)c2ccccc2)cc1. The molecule has 22 heavy (non-hydrogen) atoms. The molecule has 0 saturated heterocycles. The standard InChI is InChI=1S/C18H22N2O2/c1-14-8-10-16(11-9-14)17(15-6-4-3-5-7-15)19-18(22)20(2)12-13-21/h3-11,17,21H,12-13H2,1-2H3,(H,19,22). The third-order valence-electron chi connectivity index (χ3n) is 3.59. The van der Waals surface area contributed by atoms with Gasteiger partial charge in [0.15, 0.2) is 0 Å². The Hall–Kier alpha value is -2.33. The molecule has 0 spiro atoms. The highest BCUT2D eigenvalue weighted by molar-refractivity contribution is 5.75. The van der Waals surface area contributed by atoms with Crippen LogP contribution in [0.15, 0.2) is 54.6 Å². The maximum Gasteiger partial charge on any atom is 0.317 e. The van der Waals surface area contributed by atoms with E-state index in [1.807, 2.05) is 61.5 Å². The summed E-state index contributed by atoms with van der Waals surface area (Å²) in [5, 5.41) is 12.0. The van der Waals surface area contributed by atoms with Crippen molar-refractivity contribution in [2.24, 2.45) is 0 Å². The van der Waals surface area contributed by atoms with E-state index in [4.69, 9.17) is 5.11 Å². The van der Waals surface area contributed by atoms with Crippen molar-refractivity contribution in [3.63, 3.8) is 0 Å². The lowest BCUT2D eigenvalue weighted by Gasteiger charge is -2.24. The lowest BCUT2D eigenvalue weighted by molar-refractivity contribution is 0.188. The Labute approximate surface area is 131 Å². The number of hydrogen-bond donors (Lipinski definition) is 2. The van der Waals surface area contributed by atoms with Crippen molar-refractivity contribution in [3.05, 3.63) is 71.3 Å². The summed E-state index contributed by atoms with van der Waals surface area (Å²) in [7, 11) is 1.67. The molecule has 0 saturated carbocycles. The summed E-state index contributed by atoms with van der Waals surface area (Å²) in [6, 6.07) is 17.6. The monoisotopic (exact) mass is 298 g/mol. The van der Waals surface area contributed by atoms with Crippen LogP contribution in [0.4, 0.5) is 4.79 Å². The molecule has 0 heterocycles. The fourth-order valence-corrected chi connectivity index (χ4v) is 2.25. The quantitative estimate of drug-likeness (QED) is 0.892. The molecule has 0 aliphatic heterocycles. The summed E-state index contributed by atoms with van der Waals surface area (Å²) >= 11 is 0. The van der Waals surface area contributed by atoms with Gasteiger partial charge in [-0.3, -0.25) is 0 Å². The summed E-state index contributed by atoms with van der Waals surface area (Å²) in [6.07, 6.45) is 0. The van der Waals surface area contributed by atoms with Crippen molar-refractivity contribution in [1.29, 1.82) is 0 Å². The van der Waals surface area contributed by atoms with Gasteiger partial charge in [0.2, 0.25) is 0 Å². The zero-order valence-corrected chi connectivity index (χ0v) is 13.0. The van der Waals surface area contributed by atoms with Crippen LogP contribution in [0.5, 0.6) is 0 Å². The van der Waals surface area contributed by atoms with Crippen LogP contribution in [0.25, 0.3) is 0 Å². The Bertz CT molecular complexity index is 596. The Balaban J connectivity index is 2.26. The molecule has 0 radical (unpaired) electrons. The highest BCUT2D eigenvalue weighted by atomic mass is 16.3. The van der Waals surface area contributed by atoms with Gasteiger partial charge in [-0.05, 0) is 18.1 Å². The molecule has 2 aromatic rings. The number of amides is 2. The summed E-state index contributed by atoms with van der Waals surface area (Å²) in [5.74, 6) is 0. The minimum atomic E-state index is -0.213. The third-order valence-corrected chi connectivity index (χ3v) is 3.59. The molecule has 1 atom stereocenters. The van der Waals surface area contributed by atoms with Gasteiger partial charge in [0.1, 0.15) is 0 Å². The van der Waals surface area contributed by atoms with Crippen molar-refractivity contribution in [3.8, 4) is 0 Å². The third kappa shape index (κ3) is 4.09. The van der Waals surface area contributed by atoms with Crippen molar-refractivity contribution < 1.29 is 9.90 Å². The van der Waals surface area contributed by atoms with Gasteiger partial charge in [0, 0.05) is 13.6 Å². The van der Waals surface area contributed by atoms with E-state index in [0.717, 1.165) is 11.1 Å². The minimum Gasteiger partial charge on any atom is -0.395 e. The number of carbonyl (C=O) groups excluding carboxylic acids is 1. The van der Waals surface area contributed by atoms with Gasteiger partial charge in [-0.25, -0.2) is 4.79 Å². The van der Waals surface area contributed by atoms with Gasteiger partial charge in [-0.15, -0.1) is 0 Å². The molecule has 2 aromatic carbocycles. The minimum absolute atomic E-state index is 0.0511. The number of aliphatic hydroxyl groups excluding tert-OH is 1. The summed E-state index contributed by atoms with van der Waals surface area (Å²) in [5.41, 5.74) is 3.24. The fraction of sp³-hybridized carbons (Fsp3) is 0.278. The highest BCUT2D eigenvalue weighted by Crippen LogP contribution is 2.22. The smallest absolute Gasteiger partial charge is 0.317 e. The van der Waals surface area contributed by atoms with Gasteiger partial charge in [-0.2, -0.15) is 0 Å². The van der Waals surface area contributed by atoms with E-state index in [-0.39, 0.29) is 18.7 Å². The number of carbonyl (C=O) groups is 1. The summed E-state index contributed by atoms with van der Waals surface area (Å²) < 4.78 is 0. The number of hydrogen-bond acceptors (Lipinski definition) is 2. The first-order valence-electron chi connectivity index (χ1n) is 7.36. The normalized spacial score (nSPS) is 11.8. The molecule has 2 amide bonds. The zero-order chi connectivity index (χ0) is 15.9. The summed E-state index contributed by atoms with van der Waals surface area (Å²) in [6.45, 7) is 2.29. The van der Waals surface area contributed by atoms with Gasteiger partial charge >= 0.3 is 6.03 Å². The molecule has 2 rings (SSSR count). The van der Waals surface area contributed by atoms with Crippen LogP contribution in [-0.2, 0) is 0 Å². The van der Waals surface area contributed by atoms with Crippen molar-refractivity contribution in [2.75, 3.05) is 20.2 Å². The number of nitrogens with zero attached hydrogens (tertiary/aromatic N) is 1. The number of rotatable bonds is 5. The Morgan fingerprint density at radius 1 is 1.09 bits per heavy atom. The van der Waals surface area contributed by atoms with Gasteiger partial charge < -0.3 is 15.3 Å². The fourth-order valence-electron chi connectivity index (χ4n) is 2.25. The van der Waals surface area contributed by atoms with Crippen molar-refractivity contribution in [2.45, 2.75) is 13.0 Å². The van der Waals surface area contributed by atoms with Crippen LogP contribution in [0, 0.1) is 6.92 Å². The lowest BCUT2D eigenvalue weighted by Crippen LogP contribution is -2.40. The molecule has 0 bridgehead atoms. The molecule has 4 heteroatoms. The van der Waals surface area contributed by atoms with E-state index in [0.29, 0.717) is 6.54 Å². The van der Waals surface area contributed by atoms with E-state index in [9.17, 15) is 4.79 Å². The molecular weight excluding hydrogens is 276 g/mol. The number of urea groups is 1. The Kier molecular flexibility index (Phi) is 5.55. The first-order chi connectivity index (χ1) is 10.6. The number of likely N-dealkylation sites (N-methyl/N-ethyl adjacent to an activating group) is 1. The first-order valence-corrected chi connectivity index (χ1v) is 7.36. The van der Waals surface area contributed by atoms with E-state index in [1.54, 1.807) is 7.05 Å². The average Bonchev–Trinajstić information content (AvgIpc) is 2.54. The molecular formula is C18H22N2O2. The molecule has 0 fully saturated rings. The average molecular weight is 298 g/mol. The molecule has 2 N–H and O–H groups in total. The lowest BCUT2D eigenvalue weighted by atomic mass is 9.98. The van der Waals surface area contributed by atoms with Crippen LogP contribution in [0.1, 0.15) is 22.7 Å². The van der Waals surface area contributed by atoms with Crippen LogP contribution in [0.3, 0.4) is 0 Å². The topological polar surface area (TPSA) is 52.6 Å². The van der Waals surface area contributed by atoms with E-state index in [1.165, 1.54) is 10.5 Å². The predicted octanol–water partition coefficient (Wildman–Crippen LogP) is 2.72. The first kappa shape index (κ1) is 16.0. The van der Waals surface area contributed by atoms with Crippen LogP contribution < -0.4 is 5.32 Å². The second-order valence-electron chi connectivity index (χ2n) is 5.35. The predicted molar refractivity (Wildman–Crippen MR) is 87.7 cm³/mol. The van der Waals surface area contributed by atoms with Crippen LogP contribution >= 0.6 is 0 Å². The second-order valence-corrected chi connectivity index (χ2v) is 5.35. The van der Waals surface area contributed by atoms with E-state index < -0.39 is 0 Å². The second kappa shape index (κ2) is 7.61. The molecule has 1 unspecified atom stereocenters.